The number of aryl methyl sites for hydroxylation is 1. The Morgan fingerprint density at radius 2 is 2.06 bits per heavy atom. The normalized spacial score (nSPS) is 17.1. The number of nitrogens with one attached hydrogen (secondary N) is 1. The van der Waals surface area contributed by atoms with E-state index in [1.54, 1.807) is 30.9 Å². The van der Waals surface area contributed by atoms with Crippen LogP contribution < -0.4 is 15.0 Å². The van der Waals surface area contributed by atoms with E-state index in [2.05, 4.69) is 20.0 Å². The van der Waals surface area contributed by atoms with Crippen LogP contribution in [-0.4, -0.2) is 73.6 Å². The lowest BCUT2D eigenvalue weighted by atomic mass is 10.00. The Kier molecular flexibility index (Phi) is 8.03. The van der Waals surface area contributed by atoms with E-state index in [-0.39, 0.29) is 18.9 Å². The standard InChI is InChI=1S/C26H30FN5O4/c1-17-12-22(27)23(29-26(34)32-5-4-19(16-32)18(2)28-3)15-21(17)20-13-24(31-6-9-35-10-7-31)30-25(14-20)36-11-8-33/h12-15,33H,4-11,16H2,1-2H3,(H,29,34)/b19-18+. The number of anilines is 2. The van der Waals surface area contributed by atoms with Gasteiger partial charge in [0.15, 0.2) is 5.70 Å². The van der Waals surface area contributed by atoms with Gasteiger partial charge in [-0.15, -0.1) is 0 Å². The molecule has 0 aliphatic carbocycles. The van der Waals surface area contributed by atoms with Crippen LogP contribution in [0, 0.1) is 19.3 Å². The van der Waals surface area contributed by atoms with Crippen molar-refractivity contribution in [3.63, 3.8) is 0 Å². The number of likely N-dealkylation sites (tertiary alicyclic amines) is 1. The summed E-state index contributed by atoms with van der Waals surface area (Å²) in [5.41, 5.74) is 3.77. The summed E-state index contributed by atoms with van der Waals surface area (Å²) in [5.74, 6) is 0.518. The predicted octanol–water partition coefficient (Wildman–Crippen LogP) is 3.83. The molecule has 2 aliphatic rings. The molecule has 0 spiro atoms. The summed E-state index contributed by atoms with van der Waals surface area (Å²) in [4.78, 5) is 24.6. The van der Waals surface area contributed by atoms with E-state index in [9.17, 15) is 14.3 Å². The number of hydrogen-bond acceptors (Lipinski definition) is 6. The summed E-state index contributed by atoms with van der Waals surface area (Å²) in [5, 5.41) is 11.9. The zero-order valence-electron chi connectivity index (χ0n) is 20.5. The van der Waals surface area contributed by atoms with Crippen LogP contribution in [0.5, 0.6) is 5.88 Å². The number of allylic oxidation sites excluding steroid dienone is 1. The Hall–Kier alpha value is -3.68. The molecule has 2 fully saturated rings. The molecule has 1 aromatic heterocycles. The van der Waals surface area contributed by atoms with Gasteiger partial charge in [-0.3, -0.25) is 0 Å². The minimum absolute atomic E-state index is 0.0718. The number of aliphatic hydroxyl groups excluding tert-OH is 1. The zero-order valence-corrected chi connectivity index (χ0v) is 20.5. The lowest BCUT2D eigenvalue weighted by Crippen LogP contribution is -2.36. The summed E-state index contributed by atoms with van der Waals surface area (Å²) in [6.07, 6.45) is 0.640. The van der Waals surface area contributed by atoms with Gasteiger partial charge in [0.1, 0.15) is 18.2 Å². The SMILES string of the molecule is [C-]#[N+]/C(C)=C1\CCN(C(=O)Nc2cc(-c3cc(OCCO)nc(N4CCOCC4)c3)c(C)cc2F)C1. The van der Waals surface area contributed by atoms with E-state index in [1.807, 2.05) is 6.07 Å². The van der Waals surface area contributed by atoms with Gasteiger partial charge in [0, 0.05) is 32.2 Å². The number of morpholine rings is 1. The predicted molar refractivity (Wildman–Crippen MR) is 134 cm³/mol. The number of halogens is 1. The van der Waals surface area contributed by atoms with E-state index in [0.29, 0.717) is 68.8 Å². The number of carbonyl (C=O) groups excluding carboxylic acids is 1. The van der Waals surface area contributed by atoms with Crippen LogP contribution in [0.1, 0.15) is 18.9 Å². The van der Waals surface area contributed by atoms with Gasteiger partial charge in [0.25, 0.3) is 0 Å². The number of aromatic nitrogens is 1. The van der Waals surface area contributed by atoms with Crippen LogP contribution in [0.25, 0.3) is 16.0 Å². The maximum atomic E-state index is 14.9. The molecule has 0 bridgehead atoms. The third-order valence-corrected chi connectivity index (χ3v) is 6.36. The van der Waals surface area contributed by atoms with Crippen molar-refractivity contribution < 1.29 is 23.8 Å². The van der Waals surface area contributed by atoms with E-state index >= 15 is 0 Å². The number of pyridine rings is 1. The molecule has 2 saturated heterocycles. The number of benzene rings is 1. The van der Waals surface area contributed by atoms with Gasteiger partial charge < -0.3 is 29.7 Å². The number of amides is 2. The highest BCUT2D eigenvalue weighted by Gasteiger charge is 2.24. The molecular formula is C26H30FN5O4. The van der Waals surface area contributed by atoms with Crippen LogP contribution in [0.3, 0.4) is 0 Å². The van der Waals surface area contributed by atoms with E-state index < -0.39 is 11.8 Å². The quantitative estimate of drug-likeness (QED) is 0.592. The van der Waals surface area contributed by atoms with Crippen molar-refractivity contribution in [2.45, 2.75) is 20.3 Å². The zero-order chi connectivity index (χ0) is 25.7. The third-order valence-electron chi connectivity index (χ3n) is 6.36. The van der Waals surface area contributed by atoms with Gasteiger partial charge >= 0.3 is 6.03 Å². The number of aliphatic hydroxyl groups is 1. The first-order chi connectivity index (χ1) is 17.4. The maximum Gasteiger partial charge on any atom is 0.322 e. The fraction of sp³-hybridized carbons (Fsp3) is 0.423. The largest absolute Gasteiger partial charge is 0.475 e. The van der Waals surface area contributed by atoms with Crippen molar-refractivity contribution >= 4 is 17.5 Å². The molecule has 2 N–H and O–H groups in total. The molecule has 1 aromatic carbocycles. The Bertz CT molecular complexity index is 1200. The van der Waals surface area contributed by atoms with E-state index in [0.717, 1.165) is 16.7 Å². The van der Waals surface area contributed by atoms with Crippen LogP contribution in [-0.2, 0) is 4.74 Å². The number of carbonyl (C=O) groups is 1. The minimum Gasteiger partial charge on any atom is -0.475 e. The molecular weight excluding hydrogens is 465 g/mol. The molecule has 3 heterocycles. The second-order valence-corrected chi connectivity index (χ2v) is 8.77. The monoisotopic (exact) mass is 495 g/mol. The Balaban J connectivity index is 1.63. The first-order valence-electron chi connectivity index (χ1n) is 11.9. The van der Waals surface area contributed by atoms with Gasteiger partial charge in [-0.1, -0.05) is 0 Å². The molecule has 0 atom stereocenters. The van der Waals surface area contributed by atoms with Crippen molar-refractivity contribution in [1.29, 1.82) is 0 Å². The van der Waals surface area contributed by atoms with Crippen molar-refractivity contribution in [3.05, 3.63) is 58.3 Å². The van der Waals surface area contributed by atoms with Crippen molar-refractivity contribution in [1.82, 2.24) is 9.88 Å². The van der Waals surface area contributed by atoms with Crippen molar-refractivity contribution in [2.75, 3.05) is 62.8 Å². The topological polar surface area (TPSA) is 91.5 Å². The molecule has 0 unspecified atom stereocenters. The highest BCUT2D eigenvalue weighted by atomic mass is 19.1. The van der Waals surface area contributed by atoms with Gasteiger partial charge in [-0.25, -0.2) is 14.0 Å². The highest BCUT2D eigenvalue weighted by Crippen LogP contribution is 2.33. The number of nitrogens with zero attached hydrogens (tertiary/aromatic N) is 4. The van der Waals surface area contributed by atoms with Crippen molar-refractivity contribution in [2.24, 2.45) is 0 Å². The minimum atomic E-state index is -0.531. The molecule has 4 rings (SSSR count). The average Bonchev–Trinajstić information content (AvgIpc) is 3.39. The Morgan fingerprint density at radius 1 is 1.28 bits per heavy atom. The lowest BCUT2D eigenvalue weighted by Gasteiger charge is -2.28. The van der Waals surface area contributed by atoms with Crippen LogP contribution in [0.2, 0.25) is 0 Å². The second kappa shape index (κ2) is 11.4. The first kappa shape index (κ1) is 25.4. The van der Waals surface area contributed by atoms with Gasteiger partial charge in [-0.05, 0) is 60.7 Å². The number of ether oxygens (including phenoxy) is 2. The summed E-state index contributed by atoms with van der Waals surface area (Å²) in [7, 11) is 0. The highest BCUT2D eigenvalue weighted by molar-refractivity contribution is 5.91. The Labute approximate surface area is 210 Å². The van der Waals surface area contributed by atoms with Crippen LogP contribution in [0.15, 0.2) is 35.5 Å². The van der Waals surface area contributed by atoms with Crippen molar-refractivity contribution in [3.8, 4) is 17.0 Å². The number of urea groups is 1. The van der Waals surface area contributed by atoms with Gasteiger partial charge in [0.2, 0.25) is 5.88 Å². The fourth-order valence-electron chi connectivity index (χ4n) is 4.31. The van der Waals surface area contributed by atoms with Gasteiger partial charge in [-0.2, -0.15) is 4.98 Å². The third kappa shape index (κ3) is 5.75. The molecule has 0 radical (unpaired) electrons. The molecule has 2 amide bonds. The smallest absolute Gasteiger partial charge is 0.322 e. The number of rotatable bonds is 6. The average molecular weight is 496 g/mol. The molecule has 0 saturated carbocycles. The molecule has 2 aliphatic heterocycles. The summed E-state index contributed by atoms with van der Waals surface area (Å²) < 4.78 is 26.0. The molecule has 36 heavy (non-hydrogen) atoms. The van der Waals surface area contributed by atoms with E-state index in [4.69, 9.17) is 16.0 Å². The lowest BCUT2D eigenvalue weighted by molar-refractivity contribution is 0.122. The second-order valence-electron chi connectivity index (χ2n) is 8.77. The number of hydrogen-bond donors (Lipinski definition) is 2. The van der Waals surface area contributed by atoms with E-state index in [1.165, 1.54) is 6.07 Å². The van der Waals surface area contributed by atoms with Crippen LogP contribution >= 0.6 is 0 Å². The van der Waals surface area contributed by atoms with Gasteiger partial charge in [0.05, 0.1) is 32.1 Å². The fourth-order valence-corrected chi connectivity index (χ4v) is 4.31. The first-order valence-corrected chi connectivity index (χ1v) is 11.9. The maximum absolute atomic E-state index is 14.9. The molecule has 10 heteroatoms. The Morgan fingerprint density at radius 3 is 2.78 bits per heavy atom. The summed E-state index contributed by atoms with van der Waals surface area (Å²) in [6, 6.07) is 6.26. The summed E-state index contributed by atoms with van der Waals surface area (Å²) >= 11 is 0. The molecule has 9 nitrogen and oxygen atoms in total. The molecule has 190 valence electrons. The molecule has 2 aromatic rings. The van der Waals surface area contributed by atoms with Crippen LogP contribution in [0.4, 0.5) is 20.7 Å². The summed E-state index contributed by atoms with van der Waals surface area (Å²) in [6.45, 7) is 14.1.